The molecular weight excluding hydrogens is 340 g/mol. The van der Waals surface area contributed by atoms with Crippen LogP contribution in [-0.4, -0.2) is 38.2 Å². The van der Waals surface area contributed by atoms with Crippen molar-refractivity contribution in [3.63, 3.8) is 0 Å². The van der Waals surface area contributed by atoms with Gasteiger partial charge in [-0.2, -0.15) is 0 Å². The van der Waals surface area contributed by atoms with Gasteiger partial charge in [0.15, 0.2) is 13.2 Å². The molecule has 0 aromatic carbocycles. The van der Waals surface area contributed by atoms with Gasteiger partial charge in [0.1, 0.15) is 13.0 Å². The van der Waals surface area contributed by atoms with Crippen LogP contribution in [0.25, 0.3) is 0 Å². The Morgan fingerprint density at radius 2 is 1.27 bits per heavy atom. The molecule has 22 heavy (non-hydrogen) atoms. The molecule has 0 fully saturated rings. The van der Waals surface area contributed by atoms with Gasteiger partial charge in [-0.25, -0.2) is 0 Å². The Morgan fingerprint density at radius 3 is 1.55 bits per heavy atom. The van der Waals surface area contributed by atoms with Gasteiger partial charge in [0.05, 0.1) is 0 Å². The summed E-state index contributed by atoms with van der Waals surface area (Å²) in [5.41, 5.74) is 0. The summed E-state index contributed by atoms with van der Waals surface area (Å²) in [7, 11) is 0. The quantitative estimate of drug-likeness (QED) is 0.411. The van der Waals surface area contributed by atoms with Crippen LogP contribution in [0.3, 0.4) is 0 Å². The molecular formula is C15H18O4S3. The molecule has 0 saturated heterocycles. The average Bonchev–Trinajstić information content (AvgIpc) is 2.40. The monoisotopic (exact) mass is 358 g/mol. The summed E-state index contributed by atoms with van der Waals surface area (Å²) in [6, 6.07) is 0. The zero-order valence-electron chi connectivity index (χ0n) is 12.9. The minimum absolute atomic E-state index is 0.0906. The highest BCUT2D eigenvalue weighted by Gasteiger charge is 2.36. The van der Waals surface area contributed by atoms with Crippen molar-refractivity contribution in [3.05, 3.63) is 0 Å². The number of carbonyl (C=O) groups is 2. The molecule has 0 heterocycles. The first-order valence-electron chi connectivity index (χ1n) is 6.20. The van der Waals surface area contributed by atoms with Gasteiger partial charge in [-0.15, -0.1) is 12.8 Å². The summed E-state index contributed by atoms with van der Waals surface area (Å²) < 4.78 is 8.43. The van der Waals surface area contributed by atoms with Crippen molar-refractivity contribution in [1.82, 2.24) is 0 Å². The number of carbonyl (C=O) groups excluding carboxylic acids is 2. The molecule has 0 saturated carbocycles. The Kier molecular flexibility index (Phi) is 8.62. The van der Waals surface area contributed by atoms with Crippen molar-refractivity contribution in [2.45, 2.75) is 37.2 Å². The van der Waals surface area contributed by atoms with E-state index in [2.05, 4.69) is 11.8 Å². The summed E-state index contributed by atoms with van der Waals surface area (Å²) in [6.07, 6.45) is 10.1. The third-order valence-corrected chi connectivity index (χ3v) is 4.92. The lowest BCUT2D eigenvalue weighted by atomic mass is 10.2. The van der Waals surface area contributed by atoms with Gasteiger partial charge in [-0.05, 0) is 27.7 Å². The maximum absolute atomic E-state index is 11.9. The predicted molar refractivity (Wildman–Crippen MR) is 95.5 cm³/mol. The van der Waals surface area contributed by atoms with Crippen molar-refractivity contribution in [2.75, 3.05) is 13.2 Å². The first kappa shape index (κ1) is 20.9. The van der Waals surface area contributed by atoms with Gasteiger partial charge in [0.25, 0.3) is 0 Å². The number of thiocarbonyl (C=S) groups is 1. The van der Waals surface area contributed by atoms with E-state index in [9.17, 15) is 9.59 Å². The smallest absolute Gasteiger partial charge is 0.323 e. The molecule has 0 aliphatic carbocycles. The number of ether oxygens (including phenoxy) is 2. The van der Waals surface area contributed by atoms with E-state index < -0.39 is 21.4 Å². The van der Waals surface area contributed by atoms with E-state index in [0.29, 0.717) is 3.53 Å². The van der Waals surface area contributed by atoms with E-state index >= 15 is 0 Å². The van der Waals surface area contributed by atoms with E-state index in [-0.39, 0.29) is 13.2 Å². The highest BCUT2D eigenvalue weighted by molar-refractivity contribution is 8.48. The molecule has 0 aromatic rings. The molecule has 0 rings (SSSR count). The van der Waals surface area contributed by atoms with Crippen molar-refractivity contribution in [1.29, 1.82) is 0 Å². The number of esters is 2. The van der Waals surface area contributed by atoms with Crippen LogP contribution in [0, 0.1) is 24.7 Å². The zero-order valence-corrected chi connectivity index (χ0v) is 15.4. The highest BCUT2D eigenvalue weighted by Crippen LogP contribution is 2.38. The van der Waals surface area contributed by atoms with Crippen LogP contribution in [0.4, 0.5) is 0 Å². The fourth-order valence-corrected chi connectivity index (χ4v) is 4.87. The fourth-order valence-electron chi connectivity index (χ4n) is 1.08. The topological polar surface area (TPSA) is 52.6 Å². The van der Waals surface area contributed by atoms with Gasteiger partial charge in [0, 0.05) is 0 Å². The Labute approximate surface area is 145 Å². The van der Waals surface area contributed by atoms with Crippen molar-refractivity contribution in [2.24, 2.45) is 0 Å². The Bertz CT molecular complexity index is 478. The molecule has 7 heteroatoms. The highest BCUT2D eigenvalue weighted by atomic mass is 32.2. The Hall–Kier alpha value is -1.15. The van der Waals surface area contributed by atoms with Gasteiger partial charge >= 0.3 is 11.9 Å². The van der Waals surface area contributed by atoms with Crippen molar-refractivity contribution in [3.8, 4) is 24.7 Å². The molecule has 4 nitrogen and oxygen atoms in total. The SMILES string of the molecule is C#CCOC(=O)C(C)(C)SC(=S)SC(C)(C)C(=O)OCC#C. The molecule has 0 unspecified atom stereocenters. The second-order valence-electron chi connectivity index (χ2n) is 5.04. The van der Waals surface area contributed by atoms with Crippen LogP contribution in [0.2, 0.25) is 0 Å². The number of thioether (sulfide) groups is 2. The molecule has 0 radical (unpaired) electrons. The largest absolute Gasteiger partial charge is 0.451 e. The molecule has 0 aliphatic heterocycles. The molecule has 0 atom stereocenters. The second-order valence-corrected chi connectivity index (χ2v) is 9.48. The van der Waals surface area contributed by atoms with Crippen molar-refractivity contribution >= 4 is 51.2 Å². The van der Waals surface area contributed by atoms with Gasteiger partial charge in [0.2, 0.25) is 0 Å². The Balaban J connectivity index is 4.67. The maximum Gasteiger partial charge on any atom is 0.323 e. The van der Waals surface area contributed by atoms with E-state index in [1.807, 2.05) is 0 Å². The predicted octanol–water partition coefficient (Wildman–Crippen LogP) is 2.65. The number of hydrogen-bond acceptors (Lipinski definition) is 7. The molecule has 120 valence electrons. The maximum atomic E-state index is 11.9. The summed E-state index contributed by atoms with van der Waals surface area (Å²) in [5, 5.41) is 0. The van der Waals surface area contributed by atoms with Crippen LogP contribution in [0.5, 0.6) is 0 Å². The van der Waals surface area contributed by atoms with Crippen LogP contribution in [0.1, 0.15) is 27.7 Å². The first-order chi connectivity index (χ1) is 10.1. The number of terminal acetylenes is 2. The van der Waals surface area contributed by atoms with Crippen LogP contribution >= 0.6 is 35.7 Å². The minimum atomic E-state index is -0.903. The van der Waals surface area contributed by atoms with Crippen LogP contribution in [0.15, 0.2) is 0 Å². The van der Waals surface area contributed by atoms with Gasteiger partial charge < -0.3 is 9.47 Å². The normalized spacial score (nSPS) is 11.0. The lowest BCUT2D eigenvalue weighted by Gasteiger charge is -2.25. The number of rotatable bonds is 6. The Morgan fingerprint density at radius 1 is 0.955 bits per heavy atom. The molecule has 0 amide bonds. The van der Waals surface area contributed by atoms with Gasteiger partial charge in [-0.3, -0.25) is 9.59 Å². The molecule has 0 spiro atoms. The third kappa shape index (κ3) is 7.22. The second kappa shape index (κ2) is 9.09. The standard InChI is InChI=1S/C15H18O4S3/c1-7-9-18-11(16)14(3,4)21-13(20)22-15(5,6)12(17)19-10-8-2/h1-2H,9-10H2,3-6H3. The van der Waals surface area contributed by atoms with E-state index in [4.69, 9.17) is 34.5 Å². The zero-order chi connectivity index (χ0) is 17.4. The summed E-state index contributed by atoms with van der Waals surface area (Å²) >= 11 is 7.51. The lowest BCUT2D eigenvalue weighted by Crippen LogP contribution is -2.34. The average molecular weight is 359 g/mol. The van der Waals surface area contributed by atoms with Crippen molar-refractivity contribution < 1.29 is 19.1 Å². The van der Waals surface area contributed by atoms with Crippen LogP contribution < -0.4 is 0 Å². The molecule has 0 aromatic heterocycles. The third-order valence-electron chi connectivity index (χ3n) is 2.23. The minimum Gasteiger partial charge on any atom is -0.451 e. The fraction of sp³-hybridized carbons (Fsp3) is 0.533. The summed E-state index contributed by atoms with van der Waals surface area (Å²) in [6.45, 7) is 6.51. The lowest BCUT2D eigenvalue weighted by molar-refractivity contribution is -0.144. The summed E-state index contributed by atoms with van der Waals surface area (Å²) in [5.74, 6) is 3.53. The van der Waals surface area contributed by atoms with E-state index in [1.54, 1.807) is 27.7 Å². The van der Waals surface area contributed by atoms with Gasteiger partial charge in [-0.1, -0.05) is 47.6 Å². The molecule has 0 N–H and O–H groups in total. The van der Waals surface area contributed by atoms with E-state index in [0.717, 1.165) is 23.5 Å². The molecule has 0 aliphatic rings. The van der Waals surface area contributed by atoms with Crippen LogP contribution in [-0.2, 0) is 19.1 Å². The van der Waals surface area contributed by atoms with E-state index in [1.165, 1.54) is 0 Å². The first-order valence-corrected chi connectivity index (χ1v) is 8.24. The molecule has 0 bridgehead atoms. The summed E-state index contributed by atoms with van der Waals surface area (Å²) in [4.78, 5) is 23.8. The number of hydrogen-bond donors (Lipinski definition) is 0.